The van der Waals surface area contributed by atoms with Crippen molar-refractivity contribution in [2.75, 3.05) is 13.2 Å². The van der Waals surface area contributed by atoms with E-state index >= 15 is 0 Å². The molecule has 0 bridgehead atoms. The van der Waals surface area contributed by atoms with Crippen LogP contribution in [0.2, 0.25) is 0 Å². The Morgan fingerprint density at radius 2 is 2.28 bits per heavy atom. The van der Waals surface area contributed by atoms with Gasteiger partial charge in [-0.1, -0.05) is 0 Å². The highest BCUT2D eigenvalue weighted by atomic mass is 16.5. The molecule has 1 N–H and O–H groups in total. The van der Waals surface area contributed by atoms with Gasteiger partial charge in [-0.25, -0.2) is 0 Å². The lowest BCUT2D eigenvalue weighted by Gasteiger charge is -2.20. The highest BCUT2D eigenvalue weighted by Crippen LogP contribution is 2.28. The summed E-state index contributed by atoms with van der Waals surface area (Å²) in [6.07, 6.45) is 3.39. The average molecular weight is 251 g/mol. The molecule has 0 aliphatic heterocycles. The van der Waals surface area contributed by atoms with Gasteiger partial charge in [-0.15, -0.1) is 0 Å². The van der Waals surface area contributed by atoms with Gasteiger partial charge in [0.1, 0.15) is 6.54 Å². The zero-order chi connectivity index (χ0) is 13.1. The van der Waals surface area contributed by atoms with Gasteiger partial charge in [0.2, 0.25) is 0 Å². The summed E-state index contributed by atoms with van der Waals surface area (Å²) < 4.78 is 4.89. The lowest BCUT2D eigenvalue weighted by Crippen LogP contribution is -2.38. The fourth-order valence-corrected chi connectivity index (χ4v) is 1.82. The smallest absolute Gasteiger partial charge is 0.325 e. The normalized spacial score (nSPS) is 14.3. The third-order valence-corrected chi connectivity index (χ3v) is 2.91. The molecule has 1 saturated carbocycles. The second kappa shape index (κ2) is 5.20. The molecule has 18 heavy (non-hydrogen) atoms. The van der Waals surface area contributed by atoms with Gasteiger partial charge in [0.05, 0.1) is 18.4 Å². The van der Waals surface area contributed by atoms with E-state index in [2.05, 4.69) is 10.2 Å². The number of ether oxygens (including phenoxy) is 1. The van der Waals surface area contributed by atoms with Gasteiger partial charge in [0, 0.05) is 11.7 Å². The molecule has 98 valence electrons. The van der Waals surface area contributed by atoms with Crippen LogP contribution in [0, 0.1) is 6.92 Å². The van der Waals surface area contributed by atoms with Crippen LogP contribution in [0.5, 0.6) is 0 Å². The Morgan fingerprint density at radius 3 is 2.78 bits per heavy atom. The first-order valence-corrected chi connectivity index (χ1v) is 6.10. The number of H-pyrrole nitrogens is 1. The summed E-state index contributed by atoms with van der Waals surface area (Å²) in [5.74, 6) is -0.518. The van der Waals surface area contributed by atoms with Crippen molar-refractivity contribution >= 4 is 11.9 Å². The molecule has 0 saturated heterocycles. The maximum atomic E-state index is 12.3. The molecule has 1 aliphatic rings. The van der Waals surface area contributed by atoms with Crippen LogP contribution in [0.3, 0.4) is 0 Å². The van der Waals surface area contributed by atoms with E-state index in [-0.39, 0.29) is 24.5 Å². The number of rotatable bonds is 5. The molecule has 1 aromatic heterocycles. The number of amides is 1. The number of aromatic amines is 1. The van der Waals surface area contributed by atoms with E-state index in [4.69, 9.17) is 4.74 Å². The van der Waals surface area contributed by atoms with Crippen molar-refractivity contribution in [1.29, 1.82) is 0 Å². The number of hydrogen-bond donors (Lipinski definition) is 1. The second-order valence-corrected chi connectivity index (χ2v) is 4.38. The van der Waals surface area contributed by atoms with Gasteiger partial charge in [-0.3, -0.25) is 14.7 Å². The fourth-order valence-electron chi connectivity index (χ4n) is 1.82. The number of nitrogens with zero attached hydrogens (tertiary/aromatic N) is 2. The van der Waals surface area contributed by atoms with Crippen molar-refractivity contribution in [1.82, 2.24) is 15.1 Å². The highest BCUT2D eigenvalue weighted by molar-refractivity contribution is 5.97. The van der Waals surface area contributed by atoms with Crippen molar-refractivity contribution in [2.45, 2.75) is 32.7 Å². The molecule has 0 aromatic carbocycles. The van der Waals surface area contributed by atoms with Crippen molar-refractivity contribution in [3.05, 3.63) is 17.5 Å². The van der Waals surface area contributed by atoms with E-state index < -0.39 is 0 Å². The first-order chi connectivity index (χ1) is 8.63. The van der Waals surface area contributed by atoms with Gasteiger partial charge < -0.3 is 9.64 Å². The summed E-state index contributed by atoms with van der Waals surface area (Å²) in [7, 11) is 0. The Kier molecular flexibility index (Phi) is 3.64. The van der Waals surface area contributed by atoms with E-state index in [0.717, 1.165) is 18.5 Å². The number of aromatic nitrogens is 2. The maximum absolute atomic E-state index is 12.3. The van der Waals surface area contributed by atoms with Crippen molar-refractivity contribution in [3.8, 4) is 0 Å². The van der Waals surface area contributed by atoms with E-state index in [0.29, 0.717) is 12.2 Å². The van der Waals surface area contributed by atoms with Crippen LogP contribution in [0.15, 0.2) is 6.20 Å². The first kappa shape index (κ1) is 12.6. The minimum atomic E-state index is -0.362. The Labute approximate surface area is 105 Å². The van der Waals surface area contributed by atoms with Crippen LogP contribution in [0.4, 0.5) is 0 Å². The zero-order valence-electron chi connectivity index (χ0n) is 10.6. The maximum Gasteiger partial charge on any atom is 0.325 e. The first-order valence-electron chi connectivity index (χ1n) is 6.10. The van der Waals surface area contributed by atoms with Crippen LogP contribution in [0.1, 0.15) is 35.8 Å². The van der Waals surface area contributed by atoms with Crippen LogP contribution in [0.25, 0.3) is 0 Å². The molecule has 1 fully saturated rings. The van der Waals surface area contributed by atoms with E-state index in [1.54, 1.807) is 18.7 Å². The van der Waals surface area contributed by atoms with Gasteiger partial charge in [-0.2, -0.15) is 5.10 Å². The molecule has 1 aromatic rings. The Hall–Kier alpha value is -1.85. The molecule has 2 rings (SSSR count). The van der Waals surface area contributed by atoms with Crippen molar-refractivity contribution in [3.63, 3.8) is 0 Å². The average Bonchev–Trinajstić information content (AvgIpc) is 3.08. The number of esters is 1. The molecule has 0 spiro atoms. The van der Waals surface area contributed by atoms with Crippen LogP contribution >= 0.6 is 0 Å². The number of nitrogens with one attached hydrogen (secondary N) is 1. The standard InChI is InChI=1S/C12H17N3O3/c1-3-18-11(16)7-15(9-4-5-9)12(17)10-6-13-14-8(10)2/h6,9H,3-5,7H2,1-2H3,(H,13,14). The Balaban J connectivity index is 2.08. The van der Waals surface area contributed by atoms with Gasteiger partial charge in [0.25, 0.3) is 5.91 Å². The van der Waals surface area contributed by atoms with Gasteiger partial charge >= 0.3 is 5.97 Å². The molecular formula is C12H17N3O3. The molecule has 6 heteroatoms. The molecule has 0 radical (unpaired) electrons. The minimum absolute atomic E-state index is 0.0158. The molecule has 6 nitrogen and oxygen atoms in total. The summed E-state index contributed by atoms with van der Waals surface area (Å²) in [6, 6.07) is 0.163. The topological polar surface area (TPSA) is 75.3 Å². The summed E-state index contributed by atoms with van der Waals surface area (Å²) in [6.45, 7) is 3.88. The number of aryl methyl sites for hydroxylation is 1. The van der Waals surface area contributed by atoms with Crippen molar-refractivity contribution < 1.29 is 14.3 Å². The lowest BCUT2D eigenvalue weighted by atomic mass is 10.2. The molecular weight excluding hydrogens is 234 g/mol. The van der Waals surface area contributed by atoms with E-state index in [1.807, 2.05) is 0 Å². The largest absolute Gasteiger partial charge is 0.465 e. The van der Waals surface area contributed by atoms with Crippen molar-refractivity contribution in [2.24, 2.45) is 0 Å². The fraction of sp³-hybridized carbons (Fsp3) is 0.583. The molecule has 1 aliphatic carbocycles. The van der Waals surface area contributed by atoms with Gasteiger partial charge in [-0.05, 0) is 26.7 Å². The van der Waals surface area contributed by atoms with E-state index in [1.165, 1.54) is 6.20 Å². The summed E-state index contributed by atoms with van der Waals surface area (Å²) in [5.41, 5.74) is 1.24. The Bertz CT molecular complexity index is 451. The summed E-state index contributed by atoms with van der Waals surface area (Å²) >= 11 is 0. The lowest BCUT2D eigenvalue weighted by molar-refractivity contribution is -0.144. The Morgan fingerprint density at radius 1 is 1.56 bits per heavy atom. The number of carbonyl (C=O) groups excluding carboxylic acids is 2. The van der Waals surface area contributed by atoms with Crippen LogP contribution in [-0.2, 0) is 9.53 Å². The van der Waals surface area contributed by atoms with Crippen LogP contribution in [-0.4, -0.2) is 46.2 Å². The zero-order valence-corrected chi connectivity index (χ0v) is 10.6. The third kappa shape index (κ3) is 2.69. The second-order valence-electron chi connectivity index (χ2n) is 4.38. The molecule has 0 atom stereocenters. The summed E-state index contributed by atoms with van der Waals surface area (Å²) in [4.78, 5) is 25.4. The monoisotopic (exact) mass is 251 g/mol. The molecule has 1 heterocycles. The van der Waals surface area contributed by atoms with E-state index in [9.17, 15) is 9.59 Å². The predicted octanol–water partition coefficient (Wildman–Crippen LogP) is 0.886. The SMILES string of the molecule is CCOC(=O)CN(C(=O)c1cn[nH]c1C)C1CC1. The number of hydrogen-bond acceptors (Lipinski definition) is 4. The molecule has 0 unspecified atom stereocenters. The van der Waals surface area contributed by atoms with Crippen LogP contribution < -0.4 is 0 Å². The summed E-state index contributed by atoms with van der Waals surface area (Å²) in [5, 5.41) is 6.56. The minimum Gasteiger partial charge on any atom is -0.465 e. The number of carbonyl (C=O) groups is 2. The van der Waals surface area contributed by atoms with Gasteiger partial charge in [0.15, 0.2) is 0 Å². The molecule has 1 amide bonds. The quantitative estimate of drug-likeness (QED) is 0.788. The predicted molar refractivity (Wildman–Crippen MR) is 64.0 cm³/mol. The highest BCUT2D eigenvalue weighted by Gasteiger charge is 2.35. The third-order valence-electron chi connectivity index (χ3n) is 2.91.